The van der Waals surface area contributed by atoms with Crippen LogP contribution >= 0.6 is 12.4 Å². The van der Waals surface area contributed by atoms with Crippen molar-refractivity contribution in [2.75, 3.05) is 5.32 Å². The molecule has 6 heteroatoms. The summed E-state index contributed by atoms with van der Waals surface area (Å²) in [5.74, 6) is -0.374. The van der Waals surface area contributed by atoms with Gasteiger partial charge < -0.3 is 16.4 Å². The Labute approximate surface area is 154 Å². The number of carbonyl (C=O) groups is 2. The fraction of sp³-hybridized carbons (Fsp3) is 0.263. The Hall–Kier alpha value is -2.37. The lowest BCUT2D eigenvalue weighted by atomic mass is 10.0. The molecule has 0 aliphatic carbocycles. The molecule has 2 aromatic rings. The molecule has 0 fully saturated rings. The largest absolute Gasteiger partial charge is 0.348 e. The number of rotatable bonds is 5. The summed E-state index contributed by atoms with van der Waals surface area (Å²) in [6, 6.07) is 14.0. The summed E-state index contributed by atoms with van der Waals surface area (Å²) in [5.41, 5.74) is 9.53. The first kappa shape index (κ1) is 20.7. The molecule has 0 aliphatic rings. The van der Waals surface area contributed by atoms with Crippen molar-refractivity contribution in [3.05, 3.63) is 65.2 Å². The highest BCUT2D eigenvalue weighted by Gasteiger charge is 2.18. The number of hydrogen-bond acceptors (Lipinski definition) is 3. The summed E-state index contributed by atoms with van der Waals surface area (Å²) in [6.45, 7) is 5.32. The lowest BCUT2D eigenvalue weighted by molar-refractivity contribution is -0.123. The molecule has 2 amide bonds. The molecule has 2 atom stereocenters. The summed E-state index contributed by atoms with van der Waals surface area (Å²) in [6.07, 6.45) is 0. The predicted molar refractivity (Wildman–Crippen MR) is 103 cm³/mol. The zero-order chi connectivity index (χ0) is 17.7. The average molecular weight is 362 g/mol. The van der Waals surface area contributed by atoms with Gasteiger partial charge in [0.2, 0.25) is 11.8 Å². The van der Waals surface area contributed by atoms with Crippen molar-refractivity contribution >= 4 is 29.9 Å². The van der Waals surface area contributed by atoms with Crippen LogP contribution in [0, 0.1) is 6.92 Å². The number of nitrogens with one attached hydrogen (secondary N) is 2. The number of aryl methyl sites for hydroxylation is 1. The van der Waals surface area contributed by atoms with Crippen molar-refractivity contribution < 1.29 is 9.59 Å². The molecule has 0 bridgehead atoms. The van der Waals surface area contributed by atoms with Gasteiger partial charge in [0.25, 0.3) is 0 Å². The standard InChI is InChI=1S/C19H23N3O2.ClH/c1-12-7-9-15(10-8-12)18(20)19(24)21-13(2)16-5-4-6-17(11-16)22-14(3)23;/h4-11,13,18H,20H2,1-3H3,(H,21,24)(H,22,23);1H. The minimum absolute atomic E-state index is 0. The van der Waals surface area contributed by atoms with E-state index in [0.717, 1.165) is 16.7 Å². The molecule has 0 spiro atoms. The maximum absolute atomic E-state index is 12.4. The molecule has 0 aromatic heterocycles. The summed E-state index contributed by atoms with van der Waals surface area (Å²) < 4.78 is 0. The van der Waals surface area contributed by atoms with Gasteiger partial charge in [-0.3, -0.25) is 9.59 Å². The van der Waals surface area contributed by atoms with Crippen LogP contribution in [-0.4, -0.2) is 11.8 Å². The molecule has 2 unspecified atom stereocenters. The van der Waals surface area contributed by atoms with E-state index in [2.05, 4.69) is 10.6 Å². The van der Waals surface area contributed by atoms with Crippen molar-refractivity contribution in [3.63, 3.8) is 0 Å². The van der Waals surface area contributed by atoms with E-state index in [0.29, 0.717) is 5.69 Å². The number of anilines is 1. The Morgan fingerprint density at radius 3 is 2.28 bits per heavy atom. The van der Waals surface area contributed by atoms with E-state index in [4.69, 9.17) is 5.73 Å². The van der Waals surface area contributed by atoms with Gasteiger partial charge in [0.05, 0.1) is 6.04 Å². The second kappa shape index (κ2) is 9.20. The lowest BCUT2D eigenvalue weighted by Gasteiger charge is -2.19. The SMILES string of the molecule is CC(=O)Nc1cccc(C(C)NC(=O)C(N)c2ccc(C)cc2)c1.Cl. The van der Waals surface area contributed by atoms with Crippen LogP contribution in [0.4, 0.5) is 5.69 Å². The van der Waals surface area contributed by atoms with Gasteiger partial charge in [0.1, 0.15) is 6.04 Å². The van der Waals surface area contributed by atoms with Gasteiger partial charge in [-0.25, -0.2) is 0 Å². The molecule has 5 nitrogen and oxygen atoms in total. The fourth-order valence-electron chi connectivity index (χ4n) is 2.40. The van der Waals surface area contributed by atoms with E-state index in [9.17, 15) is 9.59 Å². The van der Waals surface area contributed by atoms with Crippen LogP contribution in [-0.2, 0) is 9.59 Å². The van der Waals surface area contributed by atoms with Crippen molar-refractivity contribution in [3.8, 4) is 0 Å². The highest BCUT2D eigenvalue weighted by Crippen LogP contribution is 2.19. The van der Waals surface area contributed by atoms with Crippen molar-refractivity contribution in [1.82, 2.24) is 5.32 Å². The van der Waals surface area contributed by atoms with Crippen LogP contribution in [0.15, 0.2) is 48.5 Å². The smallest absolute Gasteiger partial charge is 0.241 e. The normalized spacial score (nSPS) is 12.5. The van der Waals surface area contributed by atoms with Crippen molar-refractivity contribution in [2.45, 2.75) is 32.9 Å². The molecule has 0 aliphatic heterocycles. The third-order valence-electron chi connectivity index (χ3n) is 3.78. The number of amides is 2. The summed E-state index contributed by atoms with van der Waals surface area (Å²) in [5, 5.41) is 5.64. The number of carbonyl (C=O) groups excluding carboxylic acids is 2. The van der Waals surface area contributed by atoms with Gasteiger partial charge in [-0.2, -0.15) is 0 Å². The predicted octanol–water partition coefficient (Wildman–Crippen LogP) is 3.25. The van der Waals surface area contributed by atoms with Crippen LogP contribution in [0.5, 0.6) is 0 Å². The first-order chi connectivity index (χ1) is 11.4. The summed E-state index contributed by atoms with van der Waals surface area (Å²) in [7, 11) is 0. The monoisotopic (exact) mass is 361 g/mol. The van der Waals surface area contributed by atoms with Gasteiger partial charge >= 0.3 is 0 Å². The van der Waals surface area contributed by atoms with Crippen LogP contribution in [0.1, 0.15) is 42.6 Å². The zero-order valence-corrected chi connectivity index (χ0v) is 15.4. The quantitative estimate of drug-likeness (QED) is 0.764. The van der Waals surface area contributed by atoms with Crippen LogP contribution in [0.25, 0.3) is 0 Å². The molecule has 0 saturated heterocycles. The number of hydrogen-bond donors (Lipinski definition) is 3. The fourth-order valence-corrected chi connectivity index (χ4v) is 2.40. The van der Waals surface area contributed by atoms with Gasteiger partial charge in [-0.1, -0.05) is 42.0 Å². The minimum atomic E-state index is -0.716. The molecule has 25 heavy (non-hydrogen) atoms. The topological polar surface area (TPSA) is 84.2 Å². The maximum atomic E-state index is 12.4. The first-order valence-electron chi connectivity index (χ1n) is 7.87. The van der Waals surface area contributed by atoms with Crippen molar-refractivity contribution in [1.29, 1.82) is 0 Å². The summed E-state index contributed by atoms with van der Waals surface area (Å²) in [4.78, 5) is 23.5. The number of benzene rings is 2. The van der Waals surface area contributed by atoms with E-state index >= 15 is 0 Å². The summed E-state index contributed by atoms with van der Waals surface area (Å²) >= 11 is 0. The molecule has 0 heterocycles. The van der Waals surface area contributed by atoms with E-state index in [1.165, 1.54) is 6.92 Å². The van der Waals surface area contributed by atoms with Gasteiger partial charge in [0, 0.05) is 12.6 Å². The van der Waals surface area contributed by atoms with Crippen LogP contribution < -0.4 is 16.4 Å². The van der Waals surface area contributed by atoms with E-state index < -0.39 is 6.04 Å². The van der Waals surface area contributed by atoms with Crippen LogP contribution in [0.3, 0.4) is 0 Å². The van der Waals surface area contributed by atoms with E-state index in [1.54, 1.807) is 6.07 Å². The maximum Gasteiger partial charge on any atom is 0.241 e. The van der Waals surface area contributed by atoms with Crippen molar-refractivity contribution in [2.24, 2.45) is 5.73 Å². The third kappa shape index (κ3) is 5.89. The van der Waals surface area contributed by atoms with Crippen LogP contribution in [0.2, 0.25) is 0 Å². The zero-order valence-electron chi connectivity index (χ0n) is 14.6. The molecule has 0 radical (unpaired) electrons. The molecule has 2 rings (SSSR count). The lowest BCUT2D eigenvalue weighted by Crippen LogP contribution is -2.35. The Morgan fingerprint density at radius 2 is 1.68 bits per heavy atom. The van der Waals surface area contributed by atoms with Gasteiger partial charge in [0.15, 0.2) is 0 Å². The second-order valence-corrected chi connectivity index (χ2v) is 5.93. The Morgan fingerprint density at radius 1 is 1.04 bits per heavy atom. The Balaban J connectivity index is 0.00000312. The van der Waals surface area contributed by atoms with Gasteiger partial charge in [-0.15, -0.1) is 12.4 Å². The second-order valence-electron chi connectivity index (χ2n) is 5.93. The molecular formula is C19H24ClN3O2. The van der Waals surface area contributed by atoms with E-state index in [1.807, 2.05) is 56.3 Å². The Bertz CT molecular complexity index is 732. The van der Waals surface area contributed by atoms with Gasteiger partial charge in [-0.05, 0) is 37.1 Å². The highest BCUT2D eigenvalue weighted by atomic mass is 35.5. The average Bonchev–Trinajstić information content (AvgIpc) is 2.54. The minimum Gasteiger partial charge on any atom is -0.348 e. The third-order valence-corrected chi connectivity index (χ3v) is 3.78. The van der Waals surface area contributed by atoms with E-state index in [-0.39, 0.29) is 30.3 Å². The first-order valence-corrected chi connectivity index (χ1v) is 7.87. The highest BCUT2D eigenvalue weighted by molar-refractivity contribution is 5.88. The molecule has 2 aromatic carbocycles. The molecular weight excluding hydrogens is 338 g/mol. The molecule has 134 valence electrons. The molecule has 0 saturated carbocycles. The number of nitrogens with two attached hydrogens (primary N) is 1. The Kier molecular flexibility index (Phi) is 7.61. The molecule has 4 N–H and O–H groups in total. The number of halogens is 1.